The summed E-state index contributed by atoms with van der Waals surface area (Å²) in [6.45, 7) is 1.65. The van der Waals surface area contributed by atoms with Crippen molar-refractivity contribution < 1.29 is 0 Å². The number of halogens is 1. The molecule has 0 fully saturated rings. The van der Waals surface area contributed by atoms with E-state index in [1.165, 1.54) is 0 Å². The number of aliphatic imine (C=N–C) groups is 1. The van der Waals surface area contributed by atoms with Crippen LogP contribution in [0.15, 0.2) is 58.3 Å². The minimum absolute atomic E-state index is 0.0788. The molecule has 1 aromatic heterocycles. The molecule has 0 amide bonds. The third-order valence-corrected chi connectivity index (χ3v) is 5.11. The standard InChI is InChI=1S/C18H15ClN4OS/c19-12-5-7-13(8-6-12)23-16(11-25-18-20-9-10-21-18)22-15-4-2-1-3-14(15)17(23)24/h1-8H,9-11H2,(H,20,21). The van der Waals surface area contributed by atoms with Gasteiger partial charge in [0.25, 0.3) is 5.56 Å². The summed E-state index contributed by atoms with van der Waals surface area (Å²) >= 11 is 7.55. The van der Waals surface area contributed by atoms with E-state index in [0.29, 0.717) is 27.5 Å². The number of nitrogens with zero attached hydrogens (tertiary/aromatic N) is 3. The fraction of sp³-hybridized carbons (Fsp3) is 0.167. The van der Waals surface area contributed by atoms with E-state index in [0.717, 1.165) is 23.9 Å². The molecule has 4 rings (SSSR count). The number of benzene rings is 2. The van der Waals surface area contributed by atoms with Gasteiger partial charge in [-0.05, 0) is 36.4 Å². The predicted octanol–water partition coefficient (Wildman–Crippen LogP) is 3.23. The summed E-state index contributed by atoms with van der Waals surface area (Å²) in [5.41, 5.74) is 1.38. The van der Waals surface area contributed by atoms with Crippen LogP contribution < -0.4 is 10.9 Å². The maximum Gasteiger partial charge on any atom is 0.265 e. The summed E-state index contributed by atoms with van der Waals surface area (Å²) in [7, 11) is 0. The van der Waals surface area contributed by atoms with Crippen molar-refractivity contribution in [2.45, 2.75) is 5.75 Å². The molecular weight excluding hydrogens is 356 g/mol. The third-order valence-electron chi connectivity index (χ3n) is 3.91. The molecule has 1 N–H and O–H groups in total. The highest BCUT2D eigenvalue weighted by atomic mass is 35.5. The maximum absolute atomic E-state index is 13.1. The van der Waals surface area contributed by atoms with Crippen LogP contribution in [-0.4, -0.2) is 27.8 Å². The normalized spacial score (nSPS) is 13.7. The molecule has 2 aromatic carbocycles. The van der Waals surface area contributed by atoms with Gasteiger partial charge in [0.2, 0.25) is 0 Å². The van der Waals surface area contributed by atoms with E-state index in [1.807, 2.05) is 30.3 Å². The monoisotopic (exact) mass is 370 g/mol. The lowest BCUT2D eigenvalue weighted by Crippen LogP contribution is -2.24. The first-order valence-corrected chi connectivity index (χ1v) is 9.26. The van der Waals surface area contributed by atoms with E-state index in [-0.39, 0.29) is 5.56 Å². The van der Waals surface area contributed by atoms with E-state index in [9.17, 15) is 4.79 Å². The van der Waals surface area contributed by atoms with E-state index >= 15 is 0 Å². The molecule has 0 unspecified atom stereocenters. The van der Waals surface area contributed by atoms with Crippen molar-refractivity contribution in [3.05, 3.63) is 69.7 Å². The molecule has 0 spiro atoms. The summed E-state index contributed by atoms with van der Waals surface area (Å²) in [6.07, 6.45) is 0. The van der Waals surface area contributed by atoms with Crippen molar-refractivity contribution in [1.82, 2.24) is 14.9 Å². The van der Waals surface area contributed by atoms with E-state index in [4.69, 9.17) is 16.6 Å². The molecule has 0 aliphatic carbocycles. The average Bonchev–Trinajstić information content (AvgIpc) is 3.15. The van der Waals surface area contributed by atoms with Crippen LogP contribution in [0, 0.1) is 0 Å². The zero-order chi connectivity index (χ0) is 17.2. The molecule has 5 nitrogen and oxygen atoms in total. The van der Waals surface area contributed by atoms with E-state index in [2.05, 4.69) is 10.3 Å². The van der Waals surface area contributed by atoms with Gasteiger partial charge in [-0.1, -0.05) is 35.5 Å². The Balaban J connectivity index is 1.84. The van der Waals surface area contributed by atoms with Gasteiger partial charge in [-0.3, -0.25) is 14.4 Å². The number of fused-ring (bicyclic) bond motifs is 1. The van der Waals surface area contributed by atoms with Crippen LogP contribution in [0.1, 0.15) is 5.82 Å². The zero-order valence-electron chi connectivity index (χ0n) is 13.3. The topological polar surface area (TPSA) is 59.3 Å². The number of thioether (sulfide) groups is 1. The van der Waals surface area contributed by atoms with Gasteiger partial charge in [-0.25, -0.2) is 4.98 Å². The van der Waals surface area contributed by atoms with Crippen LogP contribution >= 0.6 is 23.4 Å². The summed E-state index contributed by atoms with van der Waals surface area (Å²) < 4.78 is 1.65. The molecule has 1 aliphatic rings. The number of aromatic nitrogens is 2. The van der Waals surface area contributed by atoms with Crippen molar-refractivity contribution in [2.24, 2.45) is 4.99 Å². The number of hydrogen-bond acceptors (Lipinski definition) is 5. The molecule has 0 saturated heterocycles. The Morgan fingerprint density at radius 1 is 1.16 bits per heavy atom. The van der Waals surface area contributed by atoms with Gasteiger partial charge in [0.1, 0.15) is 5.82 Å². The smallest absolute Gasteiger partial charge is 0.265 e. The van der Waals surface area contributed by atoms with Crippen LogP contribution in [-0.2, 0) is 5.75 Å². The second kappa shape index (κ2) is 6.90. The summed E-state index contributed by atoms with van der Waals surface area (Å²) in [5.74, 6) is 1.24. The summed E-state index contributed by atoms with van der Waals surface area (Å²) in [6, 6.07) is 14.6. The minimum atomic E-state index is -0.0788. The van der Waals surface area contributed by atoms with Gasteiger partial charge in [0.15, 0.2) is 5.17 Å². The fourth-order valence-corrected chi connectivity index (χ4v) is 3.71. The Morgan fingerprint density at radius 3 is 2.72 bits per heavy atom. The minimum Gasteiger partial charge on any atom is -0.363 e. The second-order valence-electron chi connectivity index (χ2n) is 5.56. The van der Waals surface area contributed by atoms with Gasteiger partial charge < -0.3 is 5.32 Å². The Hall–Kier alpha value is -2.31. The molecule has 0 atom stereocenters. The van der Waals surface area contributed by atoms with Crippen molar-refractivity contribution in [2.75, 3.05) is 13.1 Å². The second-order valence-corrected chi connectivity index (χ2v) is 6.96. The number of amidine groups is 1. The molecule has 0 bridgehead atoms. The van der Waals surface area contributed by atoms with Crippen molar-refractivity contribution in [1.29, 1.82) is 0 Å². The highest BCUT2D eigenvalue weighted by Gasteiger charge is 2.14. The quantitative estimate of drug-likeness (QED) is 0.769. The lowest BCUT2D eigenvalue weighted by molar-refractivity contribution is 0.885. The van der Waals surface area contributed by atoms with Crippen LogP contribution in [0.25, 0.3) is 16.6 Å². The number of nitrogens with one attached hydrogen (secondary N) is 1. The highest BCUT2D eigenvalue weighted by Crippen LogP contribution is 2.19. The van der Waals surface area contributed by atoms with Crippen molar-refractivity contribution in [3.63, 3.8) is 0 Å². The molecule has 25 heavy (non-hydrogen) atoms. The molecule has 0 radical (unpaired) electrons. The Bertz CT molecular complexity index is 1010. The van der Waals surface area contributed by atoms with Crippen molar-refractivity contribution in [3.8, 4) is 5.69 Å². The Labute approximate surface area is 153 Å². The number of hydrogen-bond donors (Lipinski definition) is 1. The first kappa shape index (κ1) is 16.2. The molecule has 1 aliphatic heterocycles. The van der Waals surface area contributed by atoms with Crippen LogP contribution in [0.5, 0.6) is 0 Å². The first-order valence-electron chi connectivity index (χ1n) is 7.90. The third kappa shape index (κ3) is 3.27. The van der Waals surface area contributed by atoms with Crippen molar-refractivity contribution >= 4 is 39.4 Å². The zero-order valence-corrected chi connectivity index (χ0v) is 14.8. The van der Waals surface area contributed by atoms with Crippen LogP contribution in [0.4, 0.5) is 0 Å². The lowest BCUT2D eigenvalue weighted by Gasteiger charge is -2.13. The maximum atomic E-state index is 13.1. The first-order chi connectivity index (χ1) is 12.2. The van der Waals surface area contributed by atoms with E-state index in [1.54, 1.807) is 34.5 Å². The number of para-hydroxylation sites is 1. The molecule has 7 heteroatoms. The van der Waals surface area contributed by atoms with Gasteiger partial charge in [0.05, 0.1) is 28.9 Å². The van der Waals surface area contributed by atoms with Gasteiger partial charge in [-0.15, -0.1) is 0 Å². The molecule has 126 valence electrons. The van der Waals surface area contributed by atoms with Gasteiger partial charge in [-0.2, -0.15) is 0 Å². The van der Waals surface area contributed by atoms with Gasteiger partial charge in [0, 0.05) is 11.6 Å². The lowest BCUT2D eigenvalue weighted by atomic mass is 10.2. The Kier molecular flexibility index (Phi) is 4.46. The average molecular weight is 371 g/mol. The fourth-order valence-electron chi connectivity index (χ4n) is 2.74. The molecule has 2 heterocycles. The van der Waals surface area contributed by atoms with Crippen LogP contribution in [0.3, 0.4) is 0 Å². The van der Waals surface area contributed by atoms with Crippen LogP contribution in [0.2, 0.25) is 5.02 Å². The summed E-state index contributed by atoms with van der Waals surface area (Å²) in [4.78, 5) is 22.2. The number of rotatable bonds is 3. The molecular formula is C18H15ClN4OS. The summed E-state index contributed by atoms with van der Waals surface area (Å²) in [5, 5.41) is 5.35. The Morgan fingerprint density at radius 2 is 1.96 bits per heavy atom. The van der Waals surface area contributed by atoms with E-state index < -0.39 is 0 Å². The van der Waals surface area contributed by atoms with Gasteiger partial charge >= 0.3 is 0 Å². The highest BCUT2D eigenvalue weighted by molar-refractivity contribution is 8.13. The SMILES string of the molecule is O=c1c2ccccc2nc(CSC2=NCCN2)n1-c1ccc(Cl)cc1. The predicted molar refractivity (Wildman–Crippen MR) is 104 cm³/mol. The largest absolute Gasteiger partial charge is 0.363 e. The molecule has 3 aromatic rings. The molecule has 0 saturated carbocycles.